The highest BCUT2D eigenvalue weighted by atomic mass is 79.9. The minimum Gasteiger partial charge on any atom is -0.354 e. The number of benzene rings is 2. The van der Waals surface area contributed by atoms with Gasteiger partial charge in [0.2, 0.25) is 0 Å². The Morgan fingerprint density at radius 2 is 1.82 bits per heavy atom. The summed E-state index contributed by atoms with van der Waals surface area (Å²) in [6.45, 7) is 0. The second-order valence-corrected chi connectivity index (χ2v) is 4.75. The average molecular weight is 290 g/mol. The molecule has 3 aromatic rings. The van der Waals surface area contributed by atoms with Gasteiger partial charge in [0.1, 0.15) is 5.82 Å². The first kappa shape index (κ1) is 10.5. The van der Waals surface area contributed by atoms with Crippen LogP contribution in [0, 0.1) is 5.82 Å². The van der Waals surface area contributed by atoms with Gasteiger partial charge in [0.25, 0.3) is 0 Å². The van der Waals surface area contributed by atoms with Gasteiger partial charge in [0.15, 0.2) is 0 Å². The van der Waals surface area contributed by atoms with Gasteiger partial charge < -0.3 is 4.98 Å². The minimum atomic E-state index is -0.224. The van der Waals surface area contributed by atoms with E-state index in [-0.39, 0.29) is 5.82 Å². The van der Waals surface area contributed by atoms with Gasteiger partial charge in [-0.15, -0.1) is 0 Å². The summed E-state index contributed by atoms with van der Waals surface area (Å²) in [6, 6.07) is 14.7. The summed E-state index contributed by atoms with van der Waals surface area (Å²) in [4.78, 5) is 3.22. The molecular weight excluding hydrogens is 281 g/mol. The van der Waals surface area contributed by atoms with Gasteiger partial charge in [-0.05, 0) is 30.3 Å². The molecule has 0 unspecified atom stereocenters. The van der Waals surface area contributed by atoms with E-state index in [4.69, 9.17) is 0 Å². The standard InChI is InChI=1S/C14H9BrFN/c15-12-4-2-1-3-11(12)14-7-9-5-6-10(16)8-13(9)17-14/h1-8,17H. The third-order valence-corrected chi connectivity index (χ3v) is 3.44. The molecule has 0 amide bonds. The molecule has 1 nitrogen and oxygen atoms in total. The Balaban J connectivity index is 2.22. The Kier molecular flexibility index (Phi) is 2.48. The van der Waals surface area contributed by atoms with E-state index in [1.54, 1.807) is 6.07 Å². The van der Waals surface area contributed by atoms with Crippen LogP contribution < -0.4 is 0 Å². The van der Waals surface area contributed by atoms with Crippen LogP contribution in [0.25, 0.3) is 22.2 Å². The molecular formula is C14H9BrFN. The zero-order valence-electron chi connectivity index (χ0n) is 8.87. The Bertz CT molecular complexity index is 688. The average Bonchev–Trinajstić information content (AvgIpc) is 2.72. The predicted molar refractivity (Wildman–Crippen MR) is 71.4 cm³/mol. The van der Waals surface area contributed by atoms with E-state index in [9.17, 15) is 4.39 Å². The topological polar surface area (TPSA) is 15.8 Å². The largest absolute Gasteiger partial charge is 0.354 e. The van der Waals surface area contributed by atoms with Crippen molar-refractivity contribution in [2.45, 2.75) is 0 Å². The molecule has 1 heterocycles. The lowest BCUT2D eigenvalue weighted by molar-refractivity contribution is 0.629. The van der Waals surface area contributed by atoms with Crippen molar-refractivity contribution in [1.29, 1.82) is 0 Å². The molecule has 0 fully saturated rings. The van der Waals surface area contributed by atoms with Gasteiger partial charge in [0, 0.05) is 26.6 Å². The maximum atomic E-state index is 13.1. The molecule has 0 bridgehead atoms. The molecule has 17 heavy (non-hydrogen) atoms. The zero-order chi connectivity index (χ0) is 11.8. The summed E-state index contributed by atoms with van der Waals surface area (Å²) in [6.07, 6.45) is 0. The molecule has 3 heteroatoms. The number of fused-ring (bicyclic) bond motifs is 1. The number of hydrogen-bond donors (Lipinski definition) is 1. The number of H-pyrrole nitrogens is 1. The molecule has 3 rings (SSSR count). The van der Waals surface area contributed by atoms with Crippen molar-refractivity contribution in [2.24, 2.45) is 0 Å². The molecule has 1 N–H and O–H groups in total. The monoisotopic (exact) mass is 289 g/mol. The summed E-state index contributed by atoms with van der Waals surface area (Å²) in [5.41, 5.74) is 2.87. The van der Waals surface area contributed by atoms with Gasteiger partial charge >= 0.3 is 0 Å². The first-order valence-corrected chi connectivity index (χ1v) is 6.06. The lowest BCUT2D eigenvalue weighted by Crippen LogP contribution is -1.78. The quantitative estimate of drug-likeness (QED) is 0.666. The number of aromatic nitrogens is 1. The molecule has 0 atom stereocenters. The Hall–Kier alpha value is -1.61. The van der Waals surface area contributed by atoms with Crippen molar-refractivity contribution < 1.29 is 4.39 Å². The Labute approximate surface area is 106 Å². The fraction of sp³-hybridized carbons (Fsp3) is 0. The van der Waals surface area contributed by atoms with E-state index in [1.807, 2.05) is 30.3 Å². The van der Waals surface area contributed by atoms with Crippen molar-refractivity contribution in [3.05, 3.63) is 58.8 Å². The van der Waals surface area contributed by atoms with Gasteiger partial charge in [-0.1, -0.05) is 34.1 Å². The van der Waals surface area contributed by atoms with Crippen molar-refractivity contribution >= 4 is 26.8 Å². The van der Waals surface area contributed by atoms with Crippen LogP contribution in [0.4, 0.5) is 4.39 Å². The van der Waals surface area contributed by atoms with E-state index in [0.717, 1.165) is 26.6 Å². The van der Waals surface area contributed by atoms with Crippen LogP contribution >= 0.6 is 15.9 Å². The lowest BCUT2D eigenvalue weighted by Gasteiger charge is -2.00. The molecule has 84 valence electrons. The normalized spacial score (nSPS) is 10.9. The SMILES string of the molecule is Fc1ccc2cc(-c3ccccc3Br)[nH]c2c1. The highest BCUT2D eigenvalue weighted by molar-refractivity contribution is 9.10. The van der Waals surface area contributed by atoms with Crippen LogP contribution in [0.3, 0.4) is 0 Å². The molecule has 0 spiro atoms. The Morgan fingerprint density at radius 1 is 1.00 bits per heavy atom. The zero-order valence-corrected chi connectivity index (χ0v) is 10.5. The fourth-order valence-corrected chi connectivity index (χ4v) is 2.42. The minimum absolute atomic E-state index is 0.224. The predicted octanol–water partition coefficient (Wildman–Crippen LogP) is 4.74. The van der Waals surface area contributed by atoms with Crippen LogP contribution in [0.15, 0.2) is 53.0 Å². The maximum Gasteiger partial charge on any atom is 0.125 e. The Morgan fingerprint density at radius 3 is 2.65 bits per heavy atom. The molecule has 0 aliphatic carbocycles. The van der Waals surface area contributed by atoms with E-state index < -0.39 is 0 Å². The molecule has 0 radical (unpaired) electrons. The van der Waals surface area contributed by atoms with Crippen molar-refractivity contribution in [2.75, 3.05) is 0 Å². The third-order valence-electron chi connectivity index (χ3n) is 2.75. The van der Waals surface area contributed by atoms with Gasteiger partial charge in [-0.2, -0.15) is 0 Å². The molecule has 2 aromatic carbocycles. The number of rotatable bonds is 1. The molecule has 0 aliphatic heterocycles. The van der Waals surface area contributed by atoms with Crippen LogP contribution in [-0.4, -0.2) is 4.98 Å². The molecule has 0 saturated carbocycles. The third kappa shape index (κ3) is 1.87. The van der Waals surface area contributed by atoms with Crippen LogP contribution in [-0.2, 0) is 0 Å². The summed E-state index contributed by atoms with van der Waals surface area (Å²) in [7, 11) is 0. The number of hydrogen-bond acceptors (Lipinski definition) is 0. The van der Waals surface area contributed by atoms with E-state index in [0.29, 0.717) is 0 Å². The summed E-state index contributed by atoms with van der Waals surface area (Å²) in [5, 5.41) is 1.01. The van der Waals surface area contributed by atoms with E-state index in [2.05, 4.69) is 20.9 Å². The van der Waals surface area contributed by atoms with Crippen LogP contribution in [0.2, 0.25) is 0 Å². The van der Waals surface area contributed by atoms with E-state index in [1.165, 1.54) is 12.1 Å². The first-order chi connectivity index (χ1) is 8.24. The van der Waals surface area contributed by atoms with Crippen molar-refractivity contribution in [3.8, 4) is 11.3 Å². The number of aromatic amines is 1. The summed E-state index contributed by atoms with van der Waals surface area (Å²) >= 11 is 3.51. The maximum absolute atomic E-state index is 13.1. The van der Waals surface area contributed by atoms with Crippen molar-refractivity contribution in [1.82, 2.24) is 4.98 Å². The highest BCUT2D eigenvalue weighted by Crippen LogP contribution is 2.30. The summed E-state index contributed by atoms with van der Waals surface area (Å²) in [5.74, 6) is -0.224. The van der Waals surface area contributed by atoms with E-state index >= 15 is 0 Å². The van der Waals surface area contributed by atoms with Gasteiger partial charge in [0.05, 0.1) is 0 Å². The molecule has 1 aromatic heterocycles. The van der Waals surface area contributed by atoms with Crippen LogP contribution in [0.1, 0.15) is 0 Å². The summed E-state index contributed by atoms with van der Waals surface area (Å²) < 4.78 is 14.1. The lowest BCUT2D eigenvalue weighted by atomic mass is 10.1. The molecule has 0 saturated heterocycles. The second kappa shape index (κ2) is 4.00. The molecule has 0 aliphatic rings. The second-order valence-electron chi connectivity index (χ2n) is 3.89. The smallest absolute Gasteiger partial charge is 0.125 e. The van der Waals surface area contributed by atoms with Gasteiger partial charge in [-0.3, -0.25) is 0 Å². The van der Waals surface area contributed by atoms with Gasteiger partial charge in [-0.25, -0.2) is 4.39 Å². The number of halogens is 2. The highest BCUT2D eigenvalue weighted by Gasteiger charge is 2.06. The van der Waals surface area contributed by atoms with Crippen LogP contribution in [0.5, 0.6) is 0 Å². The van der Waals surface area contributed by atoms with Crippen molar-refractivity contribution in [3.63, 3.8) is 0 Å². The fourth-order valence-electron chi connectivity index (χ4n) is 1.92. The first-order valence-electron chi connectivity index (χ1n) is 5.27. The number of nitrogens with one attached hydrogen (secondary N) is 1.